The van der Waals surface area contributed by atoms with Gasteiger partial charge in [-0.05, 0) is 37.1 Å². The zero-order valence-electron chi connectivity index (χ0n) is 9.68. The quantitative estimate of drug-likeness (QED) is 0.535. The number of aryl methyl sites for hydroxylation is 1. The van der Waals surface area contributed by atoms with Crippen molar-refractivity contribution in [3.05, 3.63) is 35.9 Å². The topological polar surface area (TPSA) is 75.4 Å². The summed E-state index contributed by atoms with van der Waals surface area (Å²) in [6.07, 6.45) is 4.35. The van der Waals surface area contributed by atoms with Gasteiger partial charge in [0.1, 0.15) is 5.75 Å². The predicted molar refractivity (Wildman–Crippen MR) is 66.7 cm³/mol. The van der Waals surface area contributed by atoms with Gasteiger partial charge in [-0.3, -0.25) is 4.79 Å². The van der Waals surface area contributed by atoms with Gasteiger partial charge in [0.15, 0.2) is 0 Å². The van der Waals surface area contributed by atoms with Gasteiger partial charge in [0.05, 0.1) is 5.92 Å². The van der Waals surface area contributed by atoms with E-state index in [-0.39, 0.29) is 23.6 Å². The molecule has 0 spiro atoms. The lowest BCUT2D eigenvalue weighted by atomic mass is 10.1. The van der Waals surface area contributed by atoms with Crippen molar-refractivity contribution in [2.24, 2.45) is 11.7 Å². The fourth-order valence-corrected chi connectivity index (χ4v) is 1.89. The lowest BCUT2D eigenvalue weighted by Crippen LogP contribution is -2.23. The molecule has 1 aliphatic carbocycles. The Morgan fingerprint density at radius 3 is 2.82 bits per heavy atom. The fraction of sp³-hybridized carbons (Fsp3) is 0.308. The van der Waals surface area contributed by atoms with E-state index in [1.807, 2.05) is 12.2 Å². The summed E-state index contributed by atoms with van der Waals surface area (Å²) in [4.78, 5) is 11.9. The average molecular weight is 232 g/mol. The number of hydrogen-bond donors (Lipinski definition) is 3. The minimum atomic E-state index is -0.154. The summed E-state index contributed by atoms with van der Waals surface area (Å²) in [7, 11) is 0. The maximum Gasteiger partial charge on any atom is 0.231 e. The third-order valence-electron chi connectivity index (χ3n) is 2.92. The van der Waals surface area contributed by atoms with Gasteiger partial charge in [0.2, 0.25) is 5.91 Å². The van der Waals surface area contributed by atoms with E-state index in [0.717, 1.165) is 5.56 Å². The van der Waals surface area contributed by atoms with E-state index in [9.17, 15) is 9.90 Å². The maximum atomic E-state index is 11.9. The number of carbonyl (C=O) groups excluding carboxylic acids is 1. The van der Waals surface area contributed by atoms with Crippen LogP contribution in [0.1, 0.15) is 12.0 Å². The largest absolute Gasteiger partial charge is 0.508 e. The lowest BCUT2D eigenvalue weighted by Gasteiger charge is -2.11. The van der Waals surface area contributed by atoms with Gasteiger partial charge in [-0.15, -0.1) is 0 Å². The standard InChI is InChI=1S/C13H16N2O2/c1-8-6-11(4-5-12(8)16)15-13(17)9-2-3-10(14)7-9/h2-6,9-10,16H,7,14H2,1H3,(H,15,17). The molecule has 1 aromatic carbocycles. The van der Waals surface area contributed by atoms with E-state index in [1.165, 1.54) is 0 Å². The van der Waals surface area contributed by atoms with Gasteiger partial charge >= 0.3 is 0 Å². The number of hydrogen-bond acceptors (Lipinski definition) is 3. The highest BCUT2D eigenvalue weighted by atomic mass is 16.3. The number of nitrogens with one attached hydrogen (secondary N) is 1. The van der Waals surface area contributed by atoms with Gasteiger partial charge in [0.25, 0.3) is 0 Å². The van der Waals surface area contributed by atoms with Crippen LogP contribution in [0.3, 0.4) is 0 Å². The van der Waals surface area contributed by atoms with E-state index < -0.39 is 0 Å². The fourth-order valence-electron chi connectivity index (χ4n) is 1.89. The summed E-state index contributed by atoms with van der Waals surface area (Å²) in [6, 6.07) is 4.97. The Labute approximate surface area is 100 Å². The van der Waals surface area contributed by atoms with Crippen molar-refractivity contribution in [3.8, 4) is 5.75 Å². The van der Waals surface area contributed by atoms with E-state index >= 15 is 0 Å². The Morgan fingerprint density at radius 1 is 1.47 bits per heavy atom. The maximum absolute atomic E-state index is 11.9. The molecule has 4 nitrogen and oxygen atoms in total. The number of rotatable bonds is 2. The number of carbonyl (C=O) groups is 1. The Morgan fingerprint density at radius 2 is 2.24 bits per heavy atom. The third-order valence-corrected chi connectivity index (χ3v) is 2.92. The lowest BCUT2D eigenvalue weighted by molar-refractivity contribution is -0.118. The van der Waals surface area contributed by atoms with Gasteiger partial charge < -0.3 is 16.2 Å². The van der Waals surface area contributed by atoms with Crippen LogP contribution < -0.4 is 11.1 Å². The first-order valence-electron chi connectivity index (χ1n) is 5.60. The molecule has 4 N–H and O–H groups in total. The number of aromatic hydroxyl groups is 1. The molecule has 2 atom stereocenters. The van der Waals surface area contributed by atoms with Crippen molar-refractivity contribution in [3.63, 3.8) is 0 Å². The number of phenolic OH excluding ortho intramolecular Hbond substituents is 1. The van der Waals surface area contributed by atoms with E-state index in [0.29, 0.717) is 12.1 Å². The van der Waals surface area contributed by atoms with Crippen LogP contribution in [0.2, 0.25) is 0 Å². The van der Waals surface area contributed by atoms with Crippen molar-refractivity contribution in [1.82, 2.24) is 0 Å². The highest BCUT2D eigenvalue weighted by Crippen LogP contribution is 2.22. The molecule has 1 amide bonds. The van der Waals surface area contributed by atoms with E-state index in [4.69, 9.17) is 5.73 Å². The van der Waals surface area contributed by atoms with Crippen LogP contribution in [-0.4, -0.2) is 17.1 Å². The molecule has 2 unspecified atom stereocenters. The van der Waals surface area contributed by atoms with E-state index in [1.54, 1.807) is 25.1 Å². The number of nitrogens with two attached hydrogens (primary N) is 1. The Bertz CT molecular complexity index is 468. The van der Waals surface area contributed by atoms with Crippen LogP contribution >= 0.6 is 0 Å². The summed E-state index contributed by atoms with van der Waals surface area (Å²) >= 11 is 0. The molecule has 4 heteroatoms. The first kappa shape index (κ1) is 11.7. The summed E-state index contributed by atoms with van der Waals surface area (Å²) in [5, 5.41) is 12.2. The van der Waals surface area contributed by atoms with Crippen LogP contribution in [0, 0.1) is 12.8 Å². The Balaban J connectivity index is 2.03. The van der Waals surface area contributed by atoms with Crippen molar-refractivity contribution in [2.45, 2.75) is 19.4 Å². The monoisotopic (exact) mass is 232 g/mol. The van der Waals surface area contributed by atoms with E-state index in [2.05, 4.69) is 5.32 Å². The predicted octanol–water partition coefficient (Wildman–Crippen LogP) is 1.54. The summed E-state index contributed by atoms with van der Waals surface area (Å²) in [5.41, 5.74) is 7.13. The molecule has 0 saturated heterocycles. The zero-order valence-corrected chi connectivity index (χ0v) is 9.68. The van der Waals surface area contributed by atoms with Gasteiger partial charge in [-0.1, -0.05) is 12.2 Å². The molecule has 0 saturated carbocycles. The summed E-state index contributed by atoms with van der Waals surface area (Å²) < 4.78 is 0. The number of phenols is 1. The van der Waals surface area contributed by atoms with Crippen molar-refractivity contribution >= 4 is 11.6 Å². The molecule has 1 aliphatic rings. The molecule has 2 rings (SSSR count). The average Bonchev–Trinajstić information content (AvgIpc) is 2.70. The molecule has 0 aromatic heterocycles. The van der Waals surface area contributed by atoms with Crippen molar-refractivity contribution in [2.75, 3.05) is 5.32 Å². The first-order chi connectivity index (χ1) is 8.06. The second-order valence-corrected chi connectivity index (χ2v) is 4.38. The number of anilines is 1. The molecule has 1 aromatic rings. The SMILES string of the molecule is Cc1cc(NC(=O)C2C=CC(N)C2)ccc1O. The molecular weight excluding hydrogens is 216 g/mol. The molecule has 0 fully saturated rings. The second-order valence-electron chi connectivity index (χ2n) is 4.38. The first-order valence-corrected chi connectivity index (χ1v) is 5.60. The third kappa shape index (κ3) is 2.65. The zero-order chi connectivity index (χ0) is 12.4. The van der Waals surface area contributed by atoms with Gasteiger partial charge in [-0.25, -0.2) is 0 Å². The van der Waals surface area contributed by atoms with Crippen LogP contribution in [0.15, 0.2) is 30.4 Å². The normalized spacial score (nSPS) is 22.7. The molecule has 0 bridgehead atoms. The minimum Gasteiger partial charge on any atom is -0.508 e. The van der Waals surface area contributed by atoms with Crippen LogP contribution in [-0.2, 0) is 4.79 Å². The van der Waals surface area contributed by atoms with Gasteiger partial charge in [0, 0.05) is 11.7 Å². The summed E-state index contributed by atoms with van der Waals surface area (Å²) in [5.74, 6) is 0.0178. The molecule has 0 heterocycles. The molecule has 0 radical (unpaired) electrons. The van der Waals surface area contributed by atoms with Crippen LogP contribution in [0.5, 0.6) is 5.75 Å². The molecular formula is C13H16N2O2. The van der Waals surface area contributed by atoms with Crippen LogP contribution in [0.25, 0.3) is 0 Å². The smallest absolute Gasteiger partial charge is 0.231 e. The van der Waals surface area contributed by atoms with Gasteiger partial charge in [-0.2, -0.15) is 0 Å². The summed E-state index contributed by atoms with van der Waals surface area (Å²) in [6.45, 7) is 1.79. The molecule has 17 heavy (non-hydrogen) atoms. The highest BCUT2D eigenvalue weighted by molar-refractivity contribution is 5.94. The molecule has 0 aliphatic heterocycles. The number of amides is 1. The Kier molecular flexibility index (Phi) is 3.15. The minimum absolute atomic E-state index is 0.0210. The molecule has 90 valence electrons. The van der Waals surface area contributed by atoms with Crippen LogP contribution in [0.4, 0.5) is 5.69 Å². The highest BCUT2D eigenvalue weighted by Gasteiger charge is 2.22. The van der Waals surface area contributed by atoms with Crippen molar-refractivity contribution < 1.29 is 9.90 Å². The Hall–Kier alpha value is -1.81. The van der Waals surface area contributed by atoms with Crippen molar-refractivity contribution in [1.29, 1.82) is 0 Å². The second kappa shape index (κ2) is 4.59. The number of benzene rings is 1.